The average Bonchev–Trinajstić information content (AvgIpc) is 2.71. The van der Waals surface area contributed by atoms with Gasteiger partial charge in [0, 0.05) is 9.79 Å². The van der Waals surface area contributed by atoms with E-state index in [4.69, 9.17) is 4.74 Å². The molecule has 0 heterocycles. The van der Waals surface area contributed by atoms with Crippen LogP contribution < -0.4 is 0 Å². The van der Waals surface area contributed by atoms with Gasteiger partial charge in [0.25, 0.3) is 0 Å². The van der Waals surface area contributed by atoms with Gasteiger partial charge in [-0.15, -0.1) is 0 Å². The molecule has 3 aromatic carbocycles. The molecule has 0 aliphatic rings. The molecular weight excluding hydrogens is 384 g/mol. The van der Waals surface area contributed by atoms with Crippen molar-refractivity contribution in [3.05, 3.63) is 66.2 Å². The number of phenolic OH excluding ortho intramolecular Hbond substituents is 3. The van der Waals surface area contributed by atoms with Crippen LogP contribution >= 0.6 is 23.5 Å². The van der Waals surface area contributed by atoms with E-state index in [0.717, 1.165) is 33.3 Å². The highest BCUT2D eigenvalue weighted by Crippen LogP contribution is 2.53. The Kier molecular flexibility index (Phi) is 5.83. The molecule has 3 rings (SSSR count). The van der Waals surface area contributed by atoms with Crippen molar-refractivity contribution in [3.8, 4) is 17.2 Å². The zero-order valence-electron chi connectivity index (χ0n) is 14.2. The van der Waals surface area contributed by atoms with Crippen LogP contribution in [0.1, 0.15) is 10.4 Å². The summed E-state index contributed by atoms with van der Waals surface area (Å²) in [5, 5.41) is 31.0. The summed E-state index contributed by atoms with van der Waals surface area (Å²) in [5.41, 5.74) is -0.00648. The van der Waals surface area contributed by atoms with Crippen LogP contribution in [0.2, 0.25) is 0 Å². The number of esters is 1. The summed E-state index contributed by atoms with van der Waals surface area (Å²) in [4.78, 5) is 14.2. The molecule has 0 amide bonds. The van der Waals surface area contributed by atoms with Gasteiger partial charge < -0.3 is 20.1 Å². The van der Waals surface area contributed by atoms with Gasteiger partial charge in [-0.2, -0.15) is 0 Å². The van der Waals surface area contributed by atoms with Gasteiger partial charge in [-0.1, -0.05) is 59.9 Å². The zero-order valence-corrected chi connectivity index (χ0v) is 15.9. The number of rotatable bonds is 5. The molecular formula is C20H16O5S2. The highest BCUT2D eigenvalue weighted by atomic mass is 32.2. The van der Waals surface area contributed by atoms with E-state index >= 15 is 0 Å². The third kappa shape index (κ3) is 3.99. The van der Waals surface area contributed by atoms with Crippen LogP contribution in [0.15, 0.2) is 80.2 Å². The van der Waals surface area contributed by atoms with Crippen molar-refractivity contribution in [1.82, 2.24) is 0 Å². The lowest BCUT2D eigenvalue weighted by Gasteiger charge is -2.17. The summed E-state index contributed by atoms with van der Waals surface area (Å²) < 4.78 is 4.87. The van der Waals surface area contributed by atoms with E-state index in [-0.39, 0.29) is 15.4 Å². The summed E-state index contributed by atoms with van der Waals surface area (Å²) in [6.45, 7) is 0. The summed E-state index contributed by atoms with van der Waals surface area (Å²) in [6, 6.07) is 18.2. The number of methoxy groups -OCH3 is 1. The van der Waals surface area contributed by atoms with Crippen LogP contribution in [0.4, 0.5) is 0 Å². The number of benzene rings is 3. The van der Waals surface area contributed by atoms with Gasteiger partial charge in [-0.25, -0.2) is 4.79 Å². The number of hydrogen-bond donors (Lipinski definition) is 3. The second-order valence-corrected chi connectivity index (χ2v) is 7.57. The van der Waals surface area contributed by atoms with Crippen molar-refractivity contribution in [2.24, 2.45) is 0 Å². The second kappa shape index (κ2) is 8.28. The van der Waals surface area contributed by atoms with Gasteiger partial charge in [0.1, 0.15) is 0 Å². The van der Waals surface area contributed by atoms with Gasteiger partial charge in [-0.05, 0) is 24.3 Å². The van der Waals surface area contributed by atoms with E-state index in [1.807, 2.05) is 36.4 Å². The van der Waals surface area contributed by atoms with Crippen LogP contribution in [0.3, 0.4) is 0 Å². The standard InChI is InChI=1S/C20H16O5S2/c1-25-20(24)14-18(26-12-8-4-2-5-9-12)16(22)15(21)17(23)19(14)27-13-10-6-3-7-11-13/h2-11,21-23H,1H3. The number of aromatic hydroxyl groups is 3. The predicted molar refractivity (Wildman–Crippen MR) is 104 cm³/mol. The van der Waals surface area contributed by atoms with Gasteiger partial charge in [0.2, 0.25) is 5.75 Å². The molecule has 0 saturated heterocycles. The molecule has 0 aliphatic heterocycles. The highest BCUT2D eigenvalue weighted by molar-refractivity contribution is 8.00. The predicted octanol–water partition coefficient (Wildman–Crippen LogP) is 4.89. The molecule has 0 fully saturated rings. The molecule has 5 nitrogen and oxygen atoms in total. The summed E-state index contributed by atoms with van der Waals surface area (Å²) in [6.07, 6.45) is 0. The van der Waals surface area contributed by atoms with E-state index in [1.54, 1.807) is 24.3 Å². The minimum atomic E-state index is -0.725. The van der Waals surface area contributed by atoms with Crippen molar-refractivity contribution >= 4 is 29.5 Å². The Morgan fingerprint density at radius 1 is 0.741 bits per heavy atom. The molecule has 27 heavy (non-hydrogen) atoms. The van der Waals surface area contributed by atoms with Gasteiger partial charge in [0.15, 0.2) is 11.5 Å². The second-order valence-electron chi connectivity index (χ2n) is 5.40. The number of carbonyl (C=O) groups excluding carboxylic acids is 1. The molecule has 3 N–H and O–H groups in total. The first-order chi connectivity index (χ1) is 13.0. The molecule has 7 heteroatoms. The fourth-order valence-corrected chi connectivity index (χ4v) is 4.45. The lowest BCUT2D eigenvalue weighted by molar-refractivity contribution is 0.0590. The van der Waals surface area contributed by atoms with Gasteiger partial charge >= 0.3 is 5.97 Å². The van der Waals surface area contributed by atoms with Crippen molar-refractivity contribution in [1.29, 1.82) is 0 Å². The molecule has 3 aromatic rings. The average molecular weight is 400 g/mol. The van der Waals surface area contributed by atoms with Gasteiger partial charge in [-0.3, -0.25) is 0 Å². The zero-order chi connectivity index (χ0) is 19.4. The van der Waals surface area contributed by atoms with E-state index in [1.165, 1.54) is 7.11 Å². The van der Waals surface area contributed by atoms with Crippen molar-refractivity contribution in [2.45, 2.75) is 19.6 Å². The van der Waals surface area contributed by atoms with Crippen LogP contribution in [-0.2, 0) is 4.74 Å². The molecule has 0 saturated carbocycles. The van der Waals surface area contributed by atoms with Crippen LogP contribution in [0.25, 0.3) is 0 Å². The number of hydrogen-bond acceptors (Lipinski definition) is 7. The van der Waals surface area contributed by atoms with E-state index < -0.39 is 23.2 Å². The summed E-state index contributed by atoms with van der Waals surface area (Å²) in [7, 11) is 1.22. The lowest BCUT2D eigenvalue weighted by Crippen LogP contribution is -2.06. The minimum Gasteiger partial charge on any atom is -0.503 e. The summed E-state index contributed by atoms with van der Waals surface area (Å²) in [5.74, 6) is -2.55. The Labute approximate surface area is 164 Å². The first-order valence-corrected chi connectivity index (χ1v) is 9.51. The van der Waals surface area contributed by atoms with Crippen molar-refractivity contribution < 1.29 is 24.9 Å². The molecule has 0 bridgehead atoms. The van der Waals surface area contributed by atoms with Crippen molar-refractivity contribution in [3.63, 3.8) is 0 Å². The van der Waals surface area contributed by atoms with Crippen molar-refractivity contribution in [2.75, 3.05) is 7.11 Å². The Bertz CT molecular complexity index is 891. The van der Waals surface area contributed by atoms with E-state index in [0.29, 0.717) is 0 Å². The maximum atomic E-state index is 12.5. The number of carbonyl (C=O) groups is 1. The Morgan fingerprint density at radius 3 is 1.52 bits per heavy atom. The monoisotopic (exact) mass is 400 g/mol. The Hall–Kier alpha value is -2.77. The first-order valence-electron chi connectivity index (χ1n) is 7.88. The lowest BCUT2D eigenvalue weighted by atomic mass is 10.1. The maximum Gasteiger partial charge on any atom is 0.340 e. The fourth-order valence-electron chi connectivity index (χ4n) is 2.37. The Morgan fingerprint density at radius 2 is 1.15 bits per heavy atom. The van der Waals surface area contributed by atoms with Crippen LogP contribution in [0.5, 0.6) is 17.2 Å². The first kappa shape index (κ1) is 19.0. The maximum absolute atomic E-state index is 12.5. The van der Waals surface area contributed by atoms with E-state index in [9.17, 15) is 20.1 Å². The molecule has 0 atom stereocenters. The molecule has 0 aromatic heterocycles. The highest BCUT2D eigenvalue weighted by Gasteiger charge is 2.29. The van der Waals surface area contributed by atoms with Crippen LogP contribution in [0, 0.1) is 0 Å². The third-order valence-corrected chi connectivity index (χ3v) is 5.87. The molecule has 0 spiro atoms. The molecule has 0 radical (unpaired) electrons. The summed E-state index contributed by atoms with van der Waals surface area (Å²) >= 11 is 2.19. The largest absolute Gasteiger partial charge is 0.503 e. The third-order valence-electron chi connectivity index (χ3n) is 3.65. The Balaban J connectivity index is 2.20. The number of ether oxygens (including phenoxy) is 1. The minimum absolute atomic E-state index is 0.00648. The number of phenols is 3. The van der Waals surface area contributed by atoms with E-state index in [2.05, 4.69) is 0 Å². The normalized spacial score (nSPS) is 10.6. The van der Waals surface area contributed by atoms with Crippen LogP contribution in [-0.4, -0.2) is 28.4 Å². The fraction of sp³-hybridized carbons (Fsp3) is 0.0500. The van der Waals surface area contributed by atoms with Gasteiger partial charge in [0.05, 0.1) is 22.5 Å². The quantitative estimate of drug-likeness (QED) is 0.415. The molecule has 138 valence electrons. The molecule has 0 unspecified atom stereocenters. The SMILES string of the molecule is COC(=O)c1c(Sc2ccccc2)c(O)c(O)c(O)c1Sc1ccccc1. The smallest absolute Gasteiger partial charge is 0.340 e. The topological polar surface area (TPSA) is 87.0 Å². The molecule has 0 aliphatic carbocycles.